The van der Waals surface area contributed by atoms with Crippen LogP contribution in [0.4, 0.5) is 0 Å². The van der Waals surface area contributed by atoms with Crippen molar-refractivity contribution in [2.24, 2.45) is 22.9 Å². The van der Waals surface area contributed by atoms with E-state index in [2.05, 4.69) is 23.9 Å². The normalized spacial score (nSPS) is 32.6. The van der Waals surface area contributed by atoms with Crippen molar-refractivity contribution < 1.29 is 25.0 Å². The summed E-state index contributed by atoms with van der Waals surface area (Å²) in [5.41, 5.74) is 0.807. The van der Waals surface area contributed by atoms with E-state index in [1.165, 1.54) is 0 Å². The molecule has 22 heavy (non-hydrogen) atoms. The predicted molar refractivity (Wildman–Crippen MR) is 80.0 cm³/mol. The van der Waals surface area contributed by atoms with E-state index >= 15 is 0 Å². The maximum atomic E-state index is 10.4. The fourth-order valence-electron chi connectivity index (χ4n) is 3.10. The molecule has 2 rings (SSSR count). The Bertz CT molecular complexity index is 492. The zero-order valence-electron chi connectivity index (χ0n) is 12.7. The summed E-state index contributed by atoms with van der Waals surface area (Å²) in [7, 11) is 0. The van der Waals surface area contributed by atoms with E-state index in [0.29, 0.717) is 19.3 Å². The zero-order valence-corrected chi connectivity index (χ0v) is 12.7. The highest BCUT2D eigenvalue weighted by Gasteiger charge is 2.51. The number of aliphatic carboxylic acids is 1. The summed E-state index contributed by atoms with van der Waals surface area (Å²) in [6, 6.07) is 0. The number of fused-ring (bicyclic) bond motifs is 1. The first-order chi connectivity index (χ1) is 10.5. The smallest absolute Gasteiger partial charge is 0.344 e. The quantitative estimate of drug-likeness (QED) is 0.502. The van der Waals surface area contributed by atoms with Crippen LogP contribution < -0.4 is 0 Å². The first-order valence-electron chi connectivity index (χ1n) is 7.80. The van der Waals surface area contributed by atoms with Crippen molar-refractivity contribution in [3.05, 3.63) is 0 Å². The molecule has 2 aliphatic carbocycles. The second kappa shape index (κ2) is 7.61. The van der Waals surface area contributed by atoms with Crippen molar-refractivity contribution in [3.8, 4) is 11.8 Å². The first-order valence-corrected chi connectivity index (χ1v) is 7.80. The molecule has 0 aromatic heterocycles. The van der Waals surface area contributed by atoms with Crippen LogP contribution in [0.3, 0.4) is 0 Å². The molecule has 0 heterocycles. The van der Waals surface area contributed by atoms with Gasteiger partial charge in [-0.05, 0) is 25.2 Å². The second-order valence-electron chi connectivity index (χ2n) is 6.00. The van der Waals surface area contributed by atoms with Crippen LogP contribution in [0.25, 0.3) is 0 Å². The summed E-state index contributed by atoms with van der Waals surface area (Å²) >= 11 is 0. The van der Waals surface area contributed by atoms with Crippen LogP contribution >= 0.6 is 0 Å². The number of carboxylic acid groups (broad SMARTS) is 1. The van der Waals surface area contributed by atoms with E-state index in [4.69, 9.17) is 9.94 Å². The number of hydrogen-bond donors (Lipinski definition) is 3. The van der Waals surface area contributed by atoms with Gasteiger partial charge < -0.3 is 20.2 Å². The van der Waals surface area contributed by atoms with Gasteiger partial charge in [0.2, 0.25) is 6.61 Å². The van der Waals surface area contributed by atoms with Gasteiger partial charge in [0.05, 0.1) is 11.8 Å². The third-order valence-electron chi connectivity index (χ3n) is 4.38. The number of unbranched alkanes of at least 4 members (excludes halogenated alkanes) is 1. The van der Waals surface area contributed by atoms with Crippen LogP contribution in [-0.2, 0) is 9.63 Å². The molecule has 6 heteroatoms. The fraction of sp³-hybridized carbons (Fsp3) is 0.750. The van der Waals surface area contributed by atoms with E-state index in [0.717, 1.165) is 18.6 Å². The van der Waals surface area contributed by atoms with Gasteiger partial charge in [-0.3, -0.25) is 0 Å². The molecule has 0 aromatic carbocycles. The molecular formula is C16H23NO5. The molecule has 5 atom stereocenters. The maximum absolute atomic E-state index is 10.4. The van der Waals surface area contributed by atoms with Crippen LogP contribution in [0.15, 0.2) is 5.16 Å². The van der Waals surface area contributed by atoms with Crippen LogP contribution in [0.2, 0.25) is 0 Å². The first kappa shape index (κ1) is 16.8. The monoisotopic (exact) mass is 309 g/mol. The van der Waals surface area contributed by atoms with Gasteiger partial charge >= 0.3 is 5.97 Å². The average molecular weight is 309 g/mol. The second-order valence-corrected chi connectivity index (χ2v) is 6.00. The Morgan fingerprint density at radius 1 is 1.55 bits per heavy atom. The lowest BCUT2D eigenvalue weighted by atomic mass is 9.73. The van der Waals surface area contributed by atoms with E-state index < -0.39 is 24.8 Å². The summed E-state index contributed by atoms with van der Waals surface area (Å²) < 4.78 is 0. The van der Waals surface area contributed by atoms with E-state index in [1.54, 1.807) is 0 Å². The summed E-state index contributed by atoms with van der Waals surface area (Å²) in [5.74, 6) is 4.86. The standard InChI is InChI=1S/C16H23NO5/c1-2-3-4-11(18)6-5-10-7-12-13(16(10)21)8-14(12)17-22-9-15(19)20/h10-13,16,18,21H,2-4,7-9H2,1H3,(H,19,20)/b17-14-. The summed E-state index contributed by atoms with van der Waals surface area (Å²) in [6.45, 7) is 1.61. The predicted octanol–water partition coefficient (Wildman–Crippen LogP) is 1.02. The number of hydrogen-bond acceptors (Lipinski definition) is 5. The number of carboxylic acids is 1. The third kappa shape index (κ3) is 3.99. The molecule has 0 bridgehead atoms. The molecule has 3 N–H and O–H groups in total. The molecule has 0 spiro atoms. The Labute approximate surface area is 130 Å². The van der Waals surface area contributed by atoms with Gasteiger partial charge in [-0.25, -0.2) is 4.79 Å². The number of aliphatic hydroxyl groups excluding tert-OH is 2. The molecule has 0 radical (unpaired) electrons. The topological polar surface area (TPSA) is 99.4 Å². The Morgan fingerprint density at radius 3 is 3.00 bits per heavy atom. The Morgan fingerprint density at radius 2 is 2.32 bits per heavy atom. The largest absolute Gasteiger partial charge is 0.479 e. The highest BCUT2D eigenvalue weighted by Crippen LogP contribution is 2.47. The summed E-state index contributed by atoms with van der Waals surface area (Å²) in [6.07, 6.45) is 2.80. The molecule has 0 amide bonds. The zero-order chi connectivity index (χ0) is 16.1. The highest BCUT2D eigenvalue weighted by atomic mass is 16.6. The number of carbonyl (C=O) groups is 1. The molecular weight excluding hydrogens is 286 g/mol. The van der Waals surface area contributed by atoms with Crippen LogP contribution in [-0.4, -0.2) is 45.8 Å². The molecule has 0 saturated heterocycles. The van der Waals surface area contributed by atoms with Crippen molar-refractivity contribution in [3.63, 3.8) is 0 Å². The molecule has 2 aliphatic rings. The molecule has 6 nitrogen and oxygen atoms in total. The molecule has 0 aliphatic heterocycles. The molecule has 2 fully saturated rings. The Hall–Kier alpha value is -1.58. The Balaban J connectivity index is 1.85. The SMILES string of the molecule is CCCCC(O)C#CC1CC2/C(=N\OCC(=O)O)CC2C1O. The van der Waals surface area contributed by atoms with Crippen LogP contribution in [0, 0.1) is 29.6 Å². The van der Waals surface area contributed by atoms with Gasteiger partial charge in [0.1, 0.15) is 6.10 Å². The lowest BCUT2D eigenvalue weighted by Gasteiger charge is -2.33. The maximum Gasteiger partial charge on any atom is 0.344 e. The lowest BCUT2D eigenvalue weighted by molar-refractivity contribution is -0.142. The van der Waals surface area contributed by atoms with Gasteiger partial charge in [-0.1, -0.05) is 36.8 Å². The van der Waals surface area contributed by atoms with Crippen LogP contribution in [0.1, 0.15) is 39.0 Å². The van der Waals surface area contributed by atoms with Crippen molar-refractivity contribution in [1.82, 2.24) is 0 Å². The third-order valence-corrected chi connectivity index (χ3v) is 4.38. The van der Waals surface area contributed by atoms with Gasteiger partial charge in [0.25, 0.3) is 0 Å². The van der Waals surface area contributed by atoms with Crippen molar-refractivity contribution in [2.45, 2.75) is 51.2 Å². The highest BCUT2D eigenvalue weighted by molar-refractivity contribution is 5.93. The van der Waals surface area contributed by atoms with E-state index in [1.807, 2.05) is 0 Å². The minimum absolute atomic E-state index is 0.121. The van der Waals surface area contributed by atoms with Gasteiger partial charge in [0.15, 0.2) is 0 Å². The van der Waals surface area contributed by atoms with Gasteiger partial charge in [-0.15, -0.1) is 0 Å². The lowest BCUT2D eigenvalue weighted by Crippen LogP contribution is -2.38. The van der Waals surface area contributed by atoms with E-state index in [9.17, 15) is 15.0 Å². The van der Waals surface area contributed by atoms with Crippen LogP contribution in [0.5, 0.6) is 0 Å². The summed E-state index contributed by atoms with van der Waals surface area (Å²) in [5, 5.41) is 32.3. The number of oxime groups is 1. The molecule has 122 valence electrons. The fourth-order valence-corrected chi connectivity index (χ4v) is 3.10. The van der Waals surface area contributed by atoms with Crippen molar-refractivity contribution >= 4 is 11.7 Å². The molecule has 5 unspecified atom stereocenters. The minimum Gasteiger partial charge on any atom is -0.479 e. The van der Waals surface area contributed by atoms with Gasteiger partial charge in [-0.2, -0.15) is 0 Å². The molecule has 2 saturated carbocycles. The number of aliphatic hydroxyl groups is 2. The van der Waals surface area contributed by atoms with Crippen molar-refractivity contribution in [2.75, 3.05) is 6.61 Å². The minimum atomic E-state index is -1.06. The Kier molecular flexibility index (Phi) is 5.81. The van der Waals surface area contributed by atoms with Gasteiger partial charge in [0, 0.05) is 11.8 Å². The number of nitrogens with zero attached hydrogens (tertiary/aromatic N) is 1. The number of rotatable bonds is 6. The average Bonchev–Trinajstić information content (AvgIpc) is 2.70. The van der Waals surface area contributed by atoms with E-state index in [-0.39, 0.29) is 17.8 Å². The summed E-state index contributed by atoms with van der Waals surface area (Å²) in [4.78, 5) is 15.1. The van der Waals surface area contributed by atoms with Crippen molar-refractivity contribution in [1.29, 1.82) is 0 Å². The molecule has 0 aromatic rings.